The monoisotopic (exact) mass is 512 g/mol. The lowest BCUT2D eigenvalue weighted by Gasteiger charge is -2.09. The number of amides is 1. The lowest BCUT2D eigenvalue weighted by molar-refractivity contribution is -0.118. The number of carbonyl (C=O) groups excluding carboxylic acids is 1. The maximum Gasteiger partial charge on any atom is 0.248 e. The van der Waals surface area contributed by atoms with Crippen LogP contribution in [0.5, 0.6) is 11.5 Å². The average Bonchev–Trinajstić information content (AvgIpc) is 3.12. The van der Waals surface area contributed by atoms with Gasteiger partial charge in [0.25, 0.3) is 0 Å². The fourth-order valence-corrected chi connectivity index (χ4v) is 5.74. The SMILES string of the molecule is COCCn1c(=NC(=O)CCCS(=O)(=O)c2ccc(Cl)cc2)sc2cc(OC)c(OC)cc21. The largest absolute Gasteiger partial charge is 0.493 e. The number of rotatable bonds is 10. The van der Waals surface area contributed by atoms with Crippen molar-refractivity contribution in [3.63, 3.8) is 0 Å². The number of hydrogen-bond acceptors (Lipinski definition) is 7. The molecule has 1 amide bonds. The van der Waals surface area contributed by atoms with Crippen LogP contribution in [0.2, 0.25) is 5.02 Å². The molecule has 0 aliphatic rings. The first-order valence-electron chi connectivity index (χ1n) is 10.1. The fraction of sp³-hybridized carbons (Fsp3) is 0.364. The van der Waals surface area contributed by atoms with E-state index < -0.39 is 15.7 Å². The minimum absolute atomic E-state index is 0.0119. The third-order valence-electron chi connectivity index (χ3n) is 4.90. The van der Waals surface area contributed by atoms with Gasteiger partial charge in [-0.2, -0.15) is 4.99 Å². The first kappa shape index (κ1) is 25.2. The highest BCUT2D eigenvalue weighted by Crippen LogP contribution is 2.33. The Kier molecular flexibility index (Phi) is 8.52. The molecule has 0 bridgehead atoms. The van der Waals surface area contributed by atoms with E-state index in [1.807, 2.05) is 16.7 Å². The van der Waals surface area contributed by atoms with Gasteiger partial charge in [0.1, 0.15) is 0 Å². The summed E-state index contributed by atoms with van der Waals surface area (Å²) >= 11 is 7.16. The van der Waals surface area contributed by atoms with E-state index in [0.29, 0.717) is 34.5 Å². The van der Waals surface area contributed by atoms with E-state index >= 15 is 0 Å². The van der Waals surface area contributed by atoms with E-state index in [2.05, 4.69) is 4.99 Å². The Labute approximate surface area is 201 Å². The molecule has 0 unspecified atom stereocenters. The Balaban J connectivity index is 1.82. The number of halogens is 1. The molecule has 0 N–H and O–H groups in total. The summed E-state index contributed by atoms with van der Waals surface area (Å²) < 4.78 is 43.7. The predicted molar refractivity (Wildman–Crippen MR) is 128 cm³/mol. The molecule has 0 fully saturated rings. The Hall–Kier alpha value is -2.40. The van der Waals surface area contributed by atoms with Crippen LogP contribution in [-0.4, -0.2) is 52.6 Å². The molecular weight excluding hydrogens is 488 g/mol. The van der Waals surface area contributed by atoms with Crippen LogP contribution < -0.4 is 14.3 Å². The second-order valence-electron chi connectivity index (χ2n) is 7.09. The van der Waals surface area contributed by atoms with Crippen molar-refractivity contribution in [2.24, 2.45) is 4.99 Å². The molecule has 33 heavy (non-hydrogen) atoms. The number of benzene rings is 2. The number of fused-ring (bicyclic) bond motifs is 1. The summed E-state index contributed by atoms with van der Waals surface area (Å²) in [7, 11) is 1.21. The quantitative estimate of drug-likeness (QED) is 0.411. The third-order valence-corrected chi connectivity index (χ3v) is 8.01. The molecule has 3 rings (SSSR count). The normalized spacial score (nSPS) is 12.3. The highest BCUT2D eigenvalue weighted by molar-refractivity contribution is 7.91. The summed E-state index contributed by atoms with van der Waals surface area (Å²) in [4.78, 5) is 17.5. The number of thiazole rings is 1. The summed E-state index contributed by atoms with van der Waals surface area (Å²) in [5.41, 5.74) is 0.839. The summed E-state index contributed by atoms with van der Waals surface area (Å²) in [5.74, 6) is 0.605. The van der Waals surface area contributed by atoms with E-state index in [1.54, 1.807) is 21.3 Å². The lowest BCUT2D eigenvalue weighted by atomic mass is 10.3. The van der Waals surface area contributed by atoms with Crippen molar-refractivity contribution in [2.45, 2.75) is 24.3 Å². The standard InChI is InChI=1S/C22H25ClN2O6S2/c1-29-11-10-25-17-13-18(30-2)19(31-3)14-20(17)32-22(25)24-21(26)5-4-12-33(27,28)16-8-6-15(23)7-9-16/h6-9,13-14H,4-5,10-12H2,1-3H3. The molecule has 8 nitrogen and oxygen atoms in total. The minimum Gasteiger partial charge on any atom is -0.493 e. The fourth-order valence-electron chi connectivity index (χ4n) is 3.22. The van der Waals surface area contributed by atoms with Gasteiger partial charge in [-0.3, -0.25) is 4.79 Å². The topological polar surface area (TPSA) is 96.2 Å². The lowest BCUT2D eigenvalue weighted by Crippen LogP contribution is -2.19. The number of hydrogen-bond donors (Lipinski definition) is 0. The van der Waals surface area contributed by atoms with Crippen LogP contribution in [0.15, 0.2) is 46.3 Å². The van der Waals surface area contributed by atoms with Gasteiger partial charge in [0.2, 0.25) is 5.91 Å². The Bertz CT molecular complexity index is 1300. The molecule has 0 saturated heterocycles. The van der Waals surface area contributed by atoms with Crippen LogP contribution in [0.1, 0.15) is 12.8 Å². The molecule has 2 aromatic carbocycles. The van der Waals surface area contributed by atoms with Crippen molar-refractivity contribution in [1.29, 1.82) is 0 Å². The van der Waals surface area contributed by atoms with Crippen molar-refractivity contribution in [3.05, 3.63) is 46.2 Å². The molecule has 1 aromatic heterocycles. The van der Waals surface area contributed by atoms with Crippen LogP contribution in [0.4, 0.5) is 0 Å². The maximum absolute atomic E-state index is 12.6. The van der Waals surface area contributed by atoms with Gasteiger partial charge in [-0.05, 0) is 30.7 Å². The molecule has 11 heteroatoms. The summed E-state index contributed by atoms with van der Waals surface area (Å²) in [5, 5.41) is 0.461. The van der Waals surface area contributed by atoms with Crippen molar-refractivity contribution in [2.75, 3.05) is 33.7 Å². The zero-order valence-corrected chi connectivity index (χ0v) is 20.9. The number of nitrogens with zero attached hydrogens (tertiary/aromatic N) is 2. The Morgan fingerprint density at radius 3 is 2.39 bits per heavy atom. The number of aromatic nitrogens is 1. The number of sulfone groups is 1. The van der Waals surface area contributed by atoms with Gasteiger partial charge < -0.3 is 18.8 Å². The van der Waals surface area contributed by atoms with Gasteiger partial charge in [0.05, 0.1) is 41.7 Å². The molecule has 0 aliphatic carbocycles. The van der Waals surface area contributed by atoms with Gasteiger partial charge in [-0.1, -0.05) is 22.9 Å². The highest BCUT2D eigenvalue weighted by Gasteiger charge is 2.16. The molecule has 3 aromatic rings. The maximum atomic E-state index is 12.6. The molecule has 0 spiro atoms. The zero-order chi connectivity index (χ0) is 24.0. The van der Waals surface area contributed by atoms with Gasteiger partial charge in [-0.15, -0.1) is 0 Å². The molecule has 178 valence electrons. The van der Waals surface area contributed by atoms with Gasteiger partial charge >= 0.3 is 0 Å². The van der Waals surface area contributed by atoms with Gasteiger partial charge in [0.15, 0.2) is 26.1 Å². The second-order valence-corrected chi connectivity index (χ2v) is 10.6. The highest BCUT2D eigenvalue weighted by atomic mass is 35.5. The Morgan fingerprint density at radius 1 is 1.09 bits per heavy atom. The van der Waals surface area contributed by atoms with Gasteiger partial charge in [0, 0.05) is 37.2 Å². The number of carbonyl (C=O) groups is 1. The second kappa shape index (κ2) is 11.1. The van der Waals surface area contributed by atoms with E-state index in [-0.39, 0.29) is 23.5 Å². The summed E-state index contributed by atoms with van der Waals surface area (Å²) in [6.45, 7) is 0.921. The molecule has 0 atom stereocenters. The van der Waals surface area contributed by atoms with Gasteiger partial charge in [-0.25, -0.2) is 8.42 Å². The van der Waals surface area contributed by atoms with Crippen molar-refractivity contribution in [3.8, 4) is 11.5 Å². The van der Waals surface area contributed by atoms with Crippen LogP contribution in [0.25, 0.3) is 10.2 Å². The van der Waals surface area contributed by atoms with Crippen molar-refractivity contribution >= 4 is 48.9 Å². The molecule has 0 aliphatic heterocycles. The first-order chi connectivity index (χ1) is 15.8. The van der Waals surface area contributed by atoms with Crippen molar-refractivity contribution < 1.29 is 27.4 Å². The summed E-state index contributed by atoms with van der Waals surface area (Å²) in [6.07, 6.45) is 0.176. The van der Waals surface area contributed by atoms with Crippen LogP contribution >= 0.6 is 22.9 Å². The minimum atomic E-state index is -3.50. The molecule has 0 radical (unpaired) electrons. The van der Waals surface area contributed by atoms with Crippen LogP contribution in [-0.2, 0) is 25.9 Å². The Morgan fingerprint density at radius 2 is 1.76 bits per heavy atom. The molecule has 0 saturated carbocycles. The van der Waals surface area contributed by atoms with Crippen LogP contribution in [0.3, 0.4) is 0 Å². The number of methoxy groups -OCH3 is 3. The van der Waals surface area contributed by atoms with E-state index in [1.165, 1.54) is 35.6 Å². The number of ether oxygens (including phenoxy) is 3. The van der Waals surface area contributed by atoms with E-state index in [0.717, 1.165) is 10.2 Å². The predicted octanol–water partition coefficient (Wildman–Crippen LogP) is 3.70. The molecule has 1 heterocycles. The van der Waals surface area contributed by atoms with E-state index in [9.17, 15) is 13.2 Å². The third kappa shape index (κ3) is 6.14. The smallest absolute Gasteiger partial charge is 0.248 e. The first-order valence-corrected chi connectivity index (χ1v) is 12.9. The van der Waals surface area contributed by atoms with E-state index in [4.69, 9.17) is 25.8 Å². The van der Waals surface area contributed by atoms with Crippen LogP contribution in [0, 0.1) is 0 Å². The van der Waals surface area contributed by atoms with Crippen molar-refractivity contribution in [1.82, 2.24) is 4.57 Å². The zero-order valence-electron chi connectivity index (χ0n) is 18.5. The molecular formula is C22H25ClN2O6S2. The average molecular weight is 513 g/mol. The summed E-state index contributed by atoms with van der Waals surface area (Å²) in [6, 6.07) is 9.65.